The van der Waals surface area contributed by atoms with Crippen LogP contribution in [-0.4, -0.2) is 48.7 Å². The molecule has 0 radical (unpaired) electrons. The van der Waals surface area contributed by atoms with Gasteiger partial charge in [-0.15, -0.1) is 0 Å². The second-order valence-corrected chi connectivity index (χ2v) is 9.59. The standard InChI is InChI=1S/C21H24N4O4S/c26-20(24-19-6-2-1-5-18(19)21(27)23-16-7-8-16)15-9-12-25(13-10-15)30(28,29)17-4-3-11-22-14-17/h1-6,11,14-16H,7-10,12-13H2,(H,23,27)(H,24,26). The largest absolute Gasteiger partial charge is 0.349 e. The smallest absolute Gasteiger partial charge is 0.253 e. The lowest BCUT2D eigenvalue weighted by Gasteiger charge is -2.30. The third-order valence-electron chi connectivity index (χ3n) is 5.44. The van der Waals surface area contributed by atoms with Gasteiger partial charge in [-0.3, -0.25) is 14.6 Å². The van der Waals surface area contributed by atoms with Crippen LogP contribution in [0.2, 0.25) is 0 Å². The molecule has 30 heavy (non-hydrogen) atoms. The molecule has 2 amide bonds. The first-order valence-corrected chi connectivity index (χ1v) is 11.5. The van der Waals surface area contributed by atoms with Crippen LogP contribution < -0.4 is 10.6 Å². The highest BCUT2D eigenvalue weighted by Gasteiger charge is 2.32. The first-order valence-electron chi connectivity index (χ1n) is 10.1. The van der Waals surface area contributed by atoms with Gasteiger partial charge in [0.2, 0.25) is 15.9 Å². The maximum atomic E-state index is 12.8. The molecule has 1 aliphatic heterocycles. The molecule has 0 atom stereocenters. The minimum absolute atomic E-state index is 0.156. The number of anilines is 1. The number of benzene rings is 1. The fourth-order valence-electron chi connectivity index (χ4n) is 3.52. The van der Waals surface area contributed by atoms with Crippen molar-refractivity contribution in [2.75, 3.05) is 18.4 Å². The van der Waals surface area contributed by atoms with Crippen LogP contribution in [0.15, 0.2) is 53.7 Å². The van der Waals surface area contributed by atoms with E-state index >= 15 is 0 Å². The highest BCUT2D eigenvalue weighted by atomic mass is 32.2. The number of hydrogen-bond acceptors (Lipinski definition) is 5. The summed E-state index contributed by atoms with van der Waals surface area (Å²) in [5.41, 5.74) is 0.917. The van der Waals surface area contributed by atoms with Gasteiger partial charge in [0.25, 0.3) is 5.91 Å². The Bertz CT molecular complexity index is 1030. The number of amides is 2. The van der Waals surface area contributed by atoms with Crippen LogP contribution in [0.1, 0.15) is 36.0 Å². The Hall–Kier alpha value is -2.78. The number of aromatic nitrogens is 1. The molecule has 0 spiro atoms. The van der Waals surface area contributed by atoms with E-state index in [-0.39, 0.29) is 41.8 Å². The molecule has 1 aromatic carbocycles. The van der Waals surface area contributed by atoms with Crippen molar-refractivity contribution in [1.29, 1.82) is 0 Å². The minimum atomic E-state index is -3.61. The van der Waals surface area contributed by atoms with Gasteiger partial charge < -0.3 is 10.6 Å². The van der Waals surface area contributed by atoms with Gasteiger partial charge >= 0.3 is 0 Å². The summed E-state index contributed by atoms with van der Waals surface area (Å²) in [7, 11) is -3.61. The second-order valence-electron chi connectivity index (χ2n) is 7.65. The maximum absolute atomic E-state index is 12.8. The number of sulfonamides is 1. The normalized spacial score (nSPS) is 18.0. The van der Waals surface area contributed by atoms with Gasteiger partial charge in [-0.1, -0.05) is 12.1 Å². The van der Waals surface area contributed by atoms with Crippen molar-refractivity contribution in [2.45, 2.75) is 36.6 Å². The number of pyridine rings is 1. The van der Waals surface area contributed by atoms with Crippen LogP contribution in [0.4, 0.5) is 5.69 Å². The third kappa shape index (κ3) is 4.52. The highest BCUT2D eigenvalue weighted by molar-refractivity contribution is 7.89. The molecule has 9 heteroatoms. The predicted molar refractivity (Wildman–Crippen MR) is 111 cm³/mol. The van der Waals surface area contributed by atoms with Crippen LogP contribution in [0.25, 0.3) is 0 Å². The van der Waals surface area contributed by atoms with Crippen LogP contribution in [0, 0.1) is 5.92 Å². The van der Waals surface area contributed by atoms with Gasteiger partial charge in [-0.2, -0.15) is 4.31 Å². The molecule has 158 valence electrons. The van der Waals surface area contributed by atoms with Crippen molar-refractivity contribution in [3.05, 3.63) is 54.4 Å². The van der Waals surface area contributed by atoms with E-state index in [1.54, 1.807) is 30.3 Å². The molecular weight excluding hydrogens is 404 g/mol. The molecule has 1 aromatic heterocycles. The average molecular weight is 429 g/mol. The Morgan fingerprint density at radius 2 is 1.73 bits per heavy atom. The third-order valence-corrected chi connectivity index (χ3v) is 7.32. The van der Waals surface area contributed by atoms with E-state index in [2.05, 4.69) is 15.6 Å². The Morgan fingerprint density at radius 3 is 2.40 bits per heavy atom. The van der Waals surface area contributed by atoms with Crippen molar-refractivity contribution in [1.82, 2.24) is 14.6 Å². The summed E-state index contributed by atoms with van der Waals surface area (Å²) in [6, 6.07) is 10.3. The molecule has 4 rings (SSSR count). The number of rotatable bonds is 6. The molecule has 2 heterocycles. The molecule has 1 saturated heterocycles. The van der Waals surface area contributed by atoms with E-state index in [0.717, 1.165) is 12.8 Å². The fraction of sp³-hybridized carbons (Fsp3) is 0.381. The average Bonchev–Trinajstić information content (AvgIpc) is 3.59. The number of hydrogen-bond donors (Lipinski definition) is 2. The number of nitrogens with zero attached hydrogens (tertiary/aromatic N) is 2. The zero-order valence-corrected chi connectivity index (χ0v) is 17.3. The van der Waals surface area contributed by atoms with Gasteiger partial charge in [0.15, 0.2) is 0 Å². The van der Waals surface area contributed by atoms with E-state index in [1.165, 1.54) is 22.8 Å². The number of para-hydroxylation sites is 1. The van der Waals surface area contributed by atoms with Crippen molar-refractivity contribution in [3.8, 4) is 0 Å². The van der Waals surface area contributed by atoms with Crippen LogP contribution in [-0.2, 0) is 14.8 Å². The first kappa shape index (κ1) is 20.5. The molecule has 8 nitrogen and oxygen atoms in total. The molecule has 2 N–H and O–H groups in total. The number of nitrogens with one attached hydrogen (secondary N) is 2. The first-order chi connectivity index (χ1) is 14.4. The van der Waals surface area contributed by atoms with Crippen LogP contribution >= 0.6 is 0 Å². The van der Waals surface area contributed by atoms with Gasteiger partial charge in [0.05, 0.1) is 11.3 Å². The Morgan fingerprint density at radius 1 is 1.00 bits per heavy atom. The molecule has 1 aliphatic carbocycles. The van der Waals surface area contributed by atoms with Crippen molar-refractivity contribution < 1.29 is 18.0 Å². The van der Waals surface area contributed by atoms with Crippen molar-refractivity contribution in [3.63, 3.8) is 0 Å². The lowest BCUT2D eigenvalue weighted by atomic mass is 9.97. The van der Waals surface area contributed by atoms with Crippen LogP contribution in [0.3, 0.4) is 0 Å². The zero-order chi connectivity index (χ0) is 21.1. The van der Waals surface area contributed by atoms with Gasteiger partial charge in [0.1, 0.15) is 4.90 Å². The number of carbonyl (C=O) groups excluding carboxylic acids is 2. The second kappa shape index (κ2) is 8.53. The summed E-state index contributed by atoms with van der Waals surface area (Å²) in [5.74, 6) is -0.698. The summed E-state index contributed by atoms with van der Waals surface area (Å²) < 4.78 is 26.8. The van der Waals surface area contributed by atoms with Gasteiger partial charge in [-0.05, 0) is 49.9 Å². The van der Waals surface area contributed by atoms with Gasteiger partial charge in [0, 0.05) is 37.4 Å². The lowest BCUT2D eigenvalue weighted by molar-refractivity contribution is -0.120. The SMILES string of the molecule is O=C(NC1CC1)c1ccccc1NC(=O)C1CCN(S(=O)(=O)c2cccnc2)CC1. The quantitative estimate of drug-likeness (QED) is 0.732. The molecule has 0 unspecified atom stereocenters. The molecule has 1 saturated carbocycles. The summed E-state index contributed by atoms with van der Waals surface area (Å²) in [4.78, 5) is 29.2. The predicted octanol–water partition coefficient (Wildman–Crippen LogP) is 2.01. The Balaban J connectivity index is 1.38. The summed E-state index contributed by atoms with van der Waals surface area (Å²) in [6.07, 6.45) is 5.67. The molecule has 2 fully saturated rings. The topological polar surface area (TPSA) is 108 Å². The van der Waals surface area contributed by atoms with E-state index in [4.69, 9.17) is 0 Å². The lowest BCUT2D eigenvalue weighted by Crippen LogP contribution is -2.41. The van der Waals surface area contributed by atoms with E-state index in [1.807, 2.05) is 0 Å². The zero-order valence-electron chi connectivity index (χ0n) is 16.5. The molecular formula is C21H24N4O4S. The van der Waals surface area contributed by atoms with E-state index in [9.17, 15) is 18.0 Å². The van der Waals surface area contributed by atoms with Crippen molar-refractivity contribution in [2.24, 2.45) is 5.92 Å². The summed E-state index contributed by atoms with van der Waals surface area (Å²) in [6.45, 7) is 0.526. The monoisotopic (exact) mass is 428 g/mol. The fourth-order valence-corrected chi connectivity index (χ4v) is 4.96. The van der Waals surface area contributed by atoms with Gasteiger partial charge in [-0.25, -0.2) is 8.42 Å². The Labute approximate surface area is 175 Å². The van der Waals surface area contributed by atoms with Crippen molar-refractivity contribution >= 4 is 27.5 Å². The van der Waals surface area contributed by atoms with Crippen LogP contribution in [0.5, 0.6) is 0 Å². The molecule has 2 aromatic rings. The summed E-state index contributed by atoms with van der Waals surface area (Å²) >= 11 is 0. The molecule has 0 bridgehead atoms. The maximum Gasteiger partial charge on any atom is 0.253 e. The van der Waals surface area contributed by atoms with E-state index in [0.29, 0.717) is 24.1 Å². The number of piperidine rings is 1. The Kier molecular flexibility index (Phi) is 5.83. The summed E-state index contributed by atoms with van der Waals surface area (Å²) in [5, 5.41) is 5.79. The van der Waals surface area contributed by atoms with E-state index < -0.39 is 10.0 Å². The highest BCUT2D eigenvalue weighted by Crippen LogP contribution is 2.26. The number of carbonyl (C=O) groups is 2. The molecule has 2 aliphatic rings. The minimum Gasteiger partial charge on any atom is -0.349 e.